The van der Waals surface area contributed by atoms with Crippen molar-refractivity contribution in [3.05, 3.63) is 84.7 Å². The molecule has 1 aromatic carbocycles. The van der Waals surface area contributed by atoms with Crippen molar-refractivity contribution in [3.63, 3.8) is 0 Å². The summed E-state index contributed by atoms with van der Waals surface area (Å²) in [7, 11) is 0. The van der Waals surface area contributed by atoms with Crippen LogP contribution < -0.4 is 16.6 Å². The fourth-order valence-electron chi connectivity index (χ4n) is 6.09. The second-order valence-electron chi connectivity index (χ2n) is 11.5. The highest BCUT2D eigenvalue weighted by atomic mass is 35.5. The molecule has 0 spiro atoms. The molecule has 42 heavy (non-hydrogen) atoms. The van der Waals surface area contributed by atoms with E-state index < -0.39 is 11.0 Å². The Morgan fingerprint density at radius 1 is 1.10 bits per heavy atom. The van der Waals surface area contributed by atoms with Gasteiger partial charge in [-0.15, -0.1) is 11.3 Å². The maximum Gasteiger partial charge on any atom is 0.331 e. The average Bonchev–Trinajstić information content (AvgIpc) is 3.57. The molecule has 5 aromatic rings. The van der Waals surface area contributed by atoms with Crippen LogP contribution in [-0.4, -0.2) is 31.8 Å². The van der Waals surface area contributed by atoms with Crippen molar-refractivity contribution in [2.75, 3.05) is 13.1 Å². The van der Waals surface area contributed by atoms with Gasteiger partial charge in [-0.05, 0) is 75.0 Å². The zero-order valence-electron chi connectivity index (χ0n) is 22.8. The summed E-state index contributed by atoms with van der Waals surface area (Å²) in [5.74, 6) is 0.465. The van der Waals surface area contributed by atoms with Crippen LogP contribution in [0.5, 0.6) is 0 Å². The smallest absolute Gasteiger partial charge is 0.331 e. The van der Waals surface area contributed by atoms with E-state index in [1.807, 2.05) is 36.5 Å². The summed E-state index contributed by atoms with van der Waals surface area (Å²) in [6.45, 7) is 2.94. The van der Waals surface area contributed by atoms with Crippen LogP contribution >= 0.6 is 34.5 Å². The molecule has 7 rings (SSSR count). The van der Waals surface area contributed by atoms with E-state index in [9.17, 15) is 14.9 Å². The van der Waals surface area contributed by atoms with Crippen molar-refractivity contribution in [2.24, 2.45) is 11.3 Å². The fraction of sp³-hybridized carbons (Fsp3) is 0.355. The summed E-state index contributed by atoms with van der Waals surface area (Å²) in [4.78, 5) is 31.6. The molecular weight excluding hydrogens is 591 g/mol. The maximum atomic E-state index is 13.2. The van der Waals surface area contributed by atoms with Crippen molar-refractivity contribution >= 4 is 55.7 Å². The van der Waals surface area contributed by atoms with Gasteiger partial charge in [-0.1, -0.05) is 23.2 Å². The Morgan fingerprint density at radius 3 is 2.67 bits per heavy atom. The molecule has 0 atom stereocenters. The Balaban J connectivity index is 1.32. The van der Waals surface area contributed by atoms with Crippen LogP contribution in [0.25, 0.3) is 32.2 Å². The Morgan fingerprint density at radius 2 is 1.90 bits per heavy atom. The van der Waals surface area contributed by atoms with Crippen molar-refractivity contribution in [1.29, 1.82) is 5.26 Å². The number of nitriles is 1. The number of aromatic nitrogens is 4. The molecule has 1 aliphatic carbocycles. The number of hydrogen-bond donors (Lipinski definition) is 1. The molecule has 1 saturated carbocycles. The molecule has 11 heteroatoms. The SMILES string of the molecule is N#CC1(Cn2ccc3cc(Cl)cc(-c4ccnc5cc(Cn6c(=O)c(Cl)cn(CC7CC7)c6=O)sc45)c32)CCNCC1. The minimum Gasteiger partial charge on any atom is -0.345 e. The maximum absolute atomic E-state index is 13.2. The molecule has 0 unspecified atom stereocenters. The molecular formula is C31H28Cl2N6O2S. The van der Waals surface area contributed by atoms with E-state index in [0.717, 1.165) is 75.9 Å². The summed E-state index contributed by atoms with van der Waals surface area (Å²) in [6.07, 6.45) is 9.04. The molecule has 0 amide bonds. The van der Waals surface area contributed by atoms with Gasteiger partial charge >= 0.3 is 5.69 Å². The molecule has 5 heterocycles. The number of halogens is 2. The third kappa shape index (κ3) is 4.96. The van der Waals surface area contributed by atoms with E-state index in [1.54, 1.807) is 10.8 Å². The quantitative estimate of drug-likeness (QED) is 0.245. The molecule has 214 valence electrons. The Labute approximate surface area is 255 Å². The molecule has 1 N–H and O–H groups in total. The highest BCUT2D eigenvalue weighted by molar-refractivity contribution is 7.19. The first kappa shape index (κ1) is 27.4. The molecule has 1 saturated heterocycles. The van der Waals surface area contributed by atoms with Crippen LogP contribution in [0, 0.1) is 22.7 Å². The minimum atomic E-state index is -0.488. The number of pyridine rings is 1. The molecule has 0 radical (unpaired) electrons. The van der Waals surface area contributed by atoms with Gasteiger partial charge in [-0.25, -0.2) is 4.79 Å². The summed E-state index contributed by atoms with van der Waals surface area (Å²) in [5.41, 5.74) is 2.44. The van der Waals surface area contributed by atoms with Gasteiger partial charge in [0.1, 0.15) is 5.02 Å². The van der Waals surface area contributed by atoms with E-state index >= 15 is 0 Å². The van der Waals surface area contributed by atoms with Gasteiger partial charge in [-0.3, -0.25) is 18.9 Å². The second kappa shape index (κ2) is 10.7. The summed E-state index contributed by atoms with van der Waals surface area (Å²) < 4.78 is 5.91. The summed E-state index contributed by atoms with van der Waals surface area (Å²) in [5, 5.41) is 15.2. The van der Waals surface area contributed by atoms with Crippen molar-refractivity contribution < 1.29 is 0 Å². The Bertz CT molecular complexity index is 2010. The highest BCUT2D eigenvalue weighted by Gasteiger charge is 2.33. The number of rotatable bonds is 7. The zero-order chi connectivity index (χ0) is 29.0. The van der Waals surface area contributed by atoms with Crippen molar-refractivity contribution in [2.45, 2.75) is 45.3 Å². The van der Waals surface area contributed by atoms with E-state index in [0.29, 0.717) is 24.0 Å². The Hall–Kier alpha value is -3.42. The summed E-state index contributed by atoms with van der Waals surface area (Å²) in [6, 6.07) is 12.5. The van der Waals surface area contributed by atoms with E-state index in [2.05, 4.69) is 20.9 Å². The van der Waals surface area contributed by atoms with Crippen LogP contribution in [0.3, 0.4) is 0 Å². The second-order valence-corrected chi connectivity index (χ2v) is 13.5. The van der Waals surface area contributed by atoms with Gasteiger partial charge in [0.15, 0.2) is 0 Å². The average molecular weight is 620 g/mol. The lowest BCUT2D eigenvalue weighted by molar-refractivity contribution is 0.247. The van der Waals surface area contributed by atoms with Crippen LogP contribution in [0.4, 0.5) is 0 Å². The standard InChI is InChI=1S/C31H28Cl2N6O2S/c32-21-11-20-4-10-37(18-31(17-34)5-8-35-9-6-31)27(20)24(12-21)23-3-7-36-26-13-22(42-28(23)26)15-39-29(40)25(33)16-38(30(39)41)14-19-1-2-19/h3-4,7,10-13,16,19,35H,1-2,5-6,8-9,14-15,18H2. The lowest BCUT2D eigenvalue weighted by Gasteiger charge is -2.32. The lowest BCUT2D eigenvalue weighted by Crippen LogP contribution is -2.40. The van der Waals surface area contributed by atoms with E-state index in [4.69, 9.17) is 23.2 Å². The van der Waals surface area contributed by atoms with Gasteiger partial charge in [0.2, 0.25) is 0 Å². The van der Waals surface area contributed by atoms with Crippen molar-refractivity contribution in [1.82, 2.24) is 24.0 Å². The Kier molecular flexibility index (Phi) is 6.98. The minimum absolute atomic E-state index is 0.0427. The number of benzene rings is 1. The first-order valence-electron chi connectivity index (χ1n) is 14.1. The number of thiophene rings is 1. The molecule has 4 aromatic heterocycles. The fourth-order valence-corrected chi connectivity index (χ4v) is 7.66. The number of nitrogens with zero attached hydrogens (tertiary/aromatic N) is 5. The molecule has 8 nitrogen and oxygen atoms in total. The number of hydrogen-bond acceptors (Lipinski definition) is 6. The molecule has 2 aliphatic rings. The van der Waals surface area contributed by atoms with Gasteiger partial charge < -0.3 is 9.88 Å². The van der Waals surface area contributed by atoms with Crippen LogP contribution in [0.1, 0.15) is 30.6 Å². The number of piperidine rings is 1. The predicted octanol–water partition coefficient (Wildman–Crippen LogP) is 5.90. The van der Waals surface area contributed by atoms with Crippen molar-refractivity contribution in [3.8, 4) is 17.2 Å². The topological polar surface area (TPSA) is 97.6 Å². The zero-order valence-corrected chi connectivity index (χ0v) is 25.1. The van der Waals surface area contributed by atoms with Gasteiger partial charge in [-0.2, -0.15) is 5.26 Å². The molecule has 2 fully saturated rings. The van der Waals surface area contributed by atoms with Gasteiger partial charge in [0, 0.05) is 58.1 Å². The van der Waals surface area contributed by atoms with Crippen LogP contribution in [-0.2, 0) is 19.6 Å². The normalized spacial score (nSPS) is 16.7. The molecule has 0 bridgehead atoms. The largest absolute Gasteiger partial charge is 0.345 e. The first-order chi connectivity index (χ1) is 20.3. The van der Waals surface area contributed by atoms with E-state index in [1.165, 1.54) is 22.1 Å². The number of nitrogens with one attached hydrogen (secondary N) is 1. The number of fused-ring (bicyclic) bond motifs is 2. The van der Waals surface area contributed by atoms with Crippen LogP contribution in [0.2, 0.25) is 10.0 Å². The van der Waals surface area contributed by atoms with Gasteiger partial charge in [0.05, 0.1) is 33.8 Å². The monoisotopic (exact) mass is 618 g/mol. The predicted molar refractivity (Wildman–Crippen MR) is 168 cm³/mol. The van der Waals surface area contributed by atoms with Gasteiger partial charge in [0.25, 0.3) is 5.56 Å². The third-order valence-corrected chi connectivity index (χ3v) is 10.1. The molecule has 1 aliphatic heterocycles. The van der Waals surface area contributed by atoms with E-state index in [-0.39, 0.29) is 17.3 Å². The van der Waals surface area contributed by atoms with Crippen LogP contribution in [0.15, 0.2) is 58.5 Å². The highest BCUT2D eigenvalue weighted by Crippen LogP contribution is 2.41. The third-order valence-electron chi connectivity index (χ3n) is 8.51. The summed E-state index contributed by atoms with van der Waals surface area (Å²) >= 11 is 14.4. The first-order valence-corrected chi connectivity index (χ1v) is 15.7. The lowest BCUT2D eigenvalue weighted by atomic mass is 9.80.